The van der Waals surface area contributed by atoms with E-state index in [1.54, 1.807) is 12.7 Å². The zero-order valence-electron chi connectivity index (χ0n) is 11.9. The van der Waals surface area contributed by atoms with Crippen molar-refractivity contribution in [2.24, 2.45) is 0 Å². The lowest BCUT2D eigenvalue weighted by molar-refractivity contribution is -0.125. The molecule has 21 heavy (non-hydrogen) atoms. The predicted molar refractivity (Wildman–Crippen MR) is 74.3 cm³/mol. The zero-order chi connectivity index (χ0) is 14.7. The average molecular weight is 292 g/mol. The van der Waals surface area contributed by atoms with Crippen LogP contribution in [0, 0.1) is 0 Å². The van der Waals surface area contributed by atoms with Crippen molar-refractivity contribution < 1.29 is 9.59 Å². The van der Waals surface area contributed by atoms with Gasteiger partial charge in [0, 0.05) is 19.1 Å². The number of carbonyl (C=O) groups excluding carboxylic acids is 2. The zero-order valence-corrected chi connectivity index (χ0v) is 11.9. The van der Waals surface area contributed by atoms with Crippen LogP contribution in [-0.2, 0) is 11.3 Å². The molecule has 0 radical (unpaired) electrons. The summed E-state index contributed by atoms with van der Waals surface area (Å²) >= 11 is 0. The molecule has 3 heterocycles. The van der Waals surface area contributed by atoms with E-state index >= 15 is 0 Å². The fraction of sp³-hybridized carbons (Fsp3) is 0.692. The van der Waals surface area contributed by atoms with Gasteiger partial charge in [-0.1, -0.05) is 6.42 Å². The van der Waals surface area contributed by atoms with Crippen LogP contribution < -0.4 is 5.32 Å². The van der Waals surface area contributed by atoms with Crippen molar-refractivity contribution in [3.8, 4) is 0 Å². The maximum Gasteiger partial charge on any atom is 0.324 e. The fourth-order valence-corrected chi connectivity index (χ4v) is 3.01. The maximum absolute atomic E-state index is 11.6. The first-order valence-electron chi connectivity index (χ1n) is 7.38. The highest BCUT2D eigenvalue weighted by Crippen LogP contribution is 2.18. The molecule has 2 saturated heterocycles. The van der Waals surface area contributed by atoms with E-state index in [4.69, 9.17) is 0 Å². The topological polar surface area (TPSA) is 83.4 Å². The van der Waals surface area contributed by atoms with E-state index < -0.39 is 0 Å². The van der Waals surface area contributed by atoms with Crippen LogP contribution in [-0.4, -0.2) is 68.7 Å². The van der Waals surface area contributed by atoms with Gasteiger partial charge in [0.05, 0.1) is 13.1 Å². The minimum Gasteiger partial charge on any atom is -0.329 e. The Balaban J connectivity index is 1.56. The van der Waals surface area contributed by atoms with E-state index in [1.165, 1.54) is 11.3 Å². The summed E-state index contributed by atoms with van der Waals surface area (Å²) in [5.74, 6) is -0.134. The number of nitrogens with one attached hydrogen (secondary N) is 1. The Kier molecular flexibility index (Phi) is 4.14. The number of piperidine rings is 1. The minimum atomic E-state index is -0.273. The molecule has 2 aliphatic rings. The third kappa shape index (κ3) is 3.21. The highest BCUT2D eigenvalue weighted by Gasteiger charge is 2.30. The molecule has 3 rings (SSSR count). The van der Waals surface area contributed by atoms with E-state index in [-0.39, 0.29) is 18.5 Å². The summed E-state index contributed by atoms with van der Waals surface area (Å²) < 4.78 is 1.84. The largest absolute Gasteiger partial charge is 0.329 e. The summed E-state index contributed by atoms with van der Waals surface area (Å²) in [6.45, 7) is 3.11. The number of likely N-dealkylation sites (tertiary alicyclic amines) is 1. The van der Waals surface area contributed by atoms with E-state index in [0.29, 0.717) is 12.6 Å². The summed E-state index contributed by atoms with van der Waals surface area (Å²) in [5, 5.41) is 6.71. The van der Waals surface area contributed by atoms with Crippen LogP contribution >= 0.6 is 0 Å². The van der Waals surface area contributed by atoms with Crippen LogP contribution in [0.4, 0.5) is 4.79 Å². The van der Waals surface area contributed by atoms with Crippen LogP contribution in [0.1, 0.15) is 19.3 Å². The molecule has 0 aromatic carbocycles. The molecule has 0 bridgehead atoms. The summed E-state index contributed by atoms with van der Waals surface area (Å²) in [6, 6.07) is 0.117. The smallest absolute Gasteiger partial charge is 0.324 e. The number of urea groups is 1. The molecular weight excluding hydrogens is 272 g/mol. The molecule has 1 aromatic heterocycles. The molecule has 2 fully saturated rings. The van der Waals surface area contributed by atoms with Gasteiger partial charge in [-0.3, -0.25) is 19.3 Å². The molecule has 0 unspecified atom stereocenters. The second kappa shape index (κ2) is 6.21. The van der Waals surface area contributed by atoms with Crippen LogP contribution in [0.5, 0.6) is 0 Å². The van der Waals surface area contributed by atoms with Gasteiger partial charge in [0.1, 0.15) is 12.7 Å². The standard InChI is InChI=1S/C13H20N6O2/c20-12-7-15-13(21)19(12)6-5-17-4-2-1-3-11(17)8-18-10-14-9-16-18/h9-11H,1-8H2,(H,15,21)/t11-/m1/s1. The number of nitrogens with zero attached hydrogens (tertiary/aromatic N) is 5. The molecule has 8 nitrogen and oxygen atoms in total. The Labute approximate surface area is 123 Å². The Morgan fingerprint density at radius 3 is 2.90 bits per heavy atom. The van der Waals surface area contributed by atoms with Crippen LogP contribution in [0.15, 0.2) is 12.7 Å². The van der Waals surface area contributed by atoms with E-state index in [2.05, 4.69) is 20.3 Å². The lowest BCUT2D eigenvalue weighted by Crippen LogP contribution is -2.46. The van der Waals surface area contributed by atoms with Crippen molar-refractivity contribution >= 4 is 11.9 Å². The molecule has 2 aliphatic heterocycles. The van der Waals surface area contributed by atoms with Crippen LogP contribution in [0.25, 0.3) is 0 Å². The first kappa shape index (κ1) is 14.0. The fourth-order valence-electron chi connectivity index (χ4n) is 3.01. The number of imide groups is 1. The van der Waals surface area contributed by atoms with E-state index in [0.717, 1.165) is 32.5 Å². The molecule has 1 N–H and O–H groups in total. The van der Waals surface area contributed by atoms with Gasteiger partial charge < -0.3 is 5.32 Å². The van der Waals surface area contributed by atoms with E-state index in [9.17, 15) is 9.59 Å². The van der Waals surface area contributed by atoms with Gasteiger partial charge in [-0.25, -0.2) is 9.78 Å². The number of rotatable bonds is 5. The molecule has 114 valence electrons. The van der Waals surface area contributed by atoms with Gasteiger partial charge in [0.25, 0.3) is 0 Å². The second-order valence-corrected chi connectivity index (χ2v) is 5.51. The summed E-state index contributed by atoms with van der Waals surface area (Å²) in [4.78, 5) is 30.8. The number of hydrogen-bond acceptors (Lipinski definition) is 5. The molecule has 8 heteroatoms. The Bertz CT molecular complexity index is 487. The summed E-state index contributed by atoms with van der Waals surface area (Å²) in [6.07, 6.45) is 6.75. The summed E-state index contributed by atoms with van der Waals surface area (Å²) in [7, 11) is 0. The third-order valence-electron chi connectivity index (χ3n) is 4.16. The molecule has 0 aliphatic carbocycles. The van der Waals surface area contributed by atoms with Crippen molar-refractivity contribution in [2.75, 3.05) is 26.2 Å². The lowest BCUT2D eigenvalue weighted by atomic mass is 10.0. The lowest BCUT2D eigenvalue weighted by Gasteiger charge is -2.36. The Morgan fingerprint density at radius 1 is 1.29 bits per heavy atom. The second-order valence-electron chi connectivity index (χ2n) is 5.51. The minimum absolute atomic E-state index is 0.126. The van der Waals surface area contributed by atoms with Gasteiger partial charge in [-0.05, 0) is 19.4 Å². The molecule has 1 atom stereocenters. The number of carbonyl (C=O) groups is 2. The van der Waals surface area contributed by atoms with Gasteiger partial charge in [-0.15, -0.1) is 0 Å². The van der Waals surface area contributed by atoms with Crippen molar-refractivity contribution in [1.29, 1.82) is 0 Å². The van der Waals surface area contributed by atoms with Crippen LogP contribution in [0.2, 0.25) is 0 Å². The van der Waals surface area contributed by atoms with Gasteiger partial charge in [0.2, 0.25) is 5.91 Å². The molecule has 0 saturated carbocycles. The molecule has 1 aromatic rings. The third-order valence-corrected chi connectivity index (χ3v) is 4.16. The normalized spacial score (nSPS) is 23.6. The van der Waals surface area contributed by atoms with Gasteiger partial charge in [-0.2, -0.15) is 5.10 Å². The highest BCUT2D eigenvalue weighted by atomic mass is 16.2. The van der Waals surface area contributed by atoms with Crippen molar-refractivity contribution in [3.63, 3.8) is 0 Å². The Morgan fingerprint density at radius 2 is 2.19 bits per heavy atom. The maximum atomic E-state index is 11.6. The quantitative estimate of drug-likeness (QED) is 0.752. The SMILES string of the molecule is O=C1CNC(=O)N1CCN1CCCC[C@@H]1Cn1cncn1. The number of aromatic nitrogens is 3. The van der Waals surface area contributed by atoms with Crippen molar-refractivity contribution in [2.45, 2.75) is 31.8 Å². The first-order valence-corrected chi connectivity index (χ1v) is 7.38. The van der Waals surface area contributed by atoms with Gasteiger partial charge in [0.15, 0.2) is 0 Å². The Hall–Kier alpha value is -1.96. The molecule has 3 amide bonds. The van der Waals surface area contributed by atoms with Gasteiger partial charge >= 0.3 is 6.03 Å². The average Bonchev–Trinajstić information content (AvgIpc) is 3.10. The molecule has 0 spiro atoms. The predicted octanol–water partition coefficient (Wildman–Crippen LogP) is -0.316. The summed E-state index contributed by atoms with van der Waals surface area (Å²) in [5.41, 5.74) is 0. The van der Waals surface area contributed by atoms with Crippen LogP contribution in [0.3, 0.4) is 0 Å². The van der Waals surface area contributed by atoms with E-state index in [1.807, 2.05) is 4.68 Å². The number of hydrogen-bond donors (Lipinski definition) is 1. The number of amides is 3. The highest BCUT2D eigenvalue weighted by molar-refractivity contribution is 6.01. The first-order chi connectivity index (χ1) is 10.2. The van der Waals surface area contributed by atoms with Crippen molar-refractivity contribution in [1.82, 2.24) is 29.9 Å². The monoisotopic (exact) mass is 292 g/mol. The molecular formula is C13H20N6O2. The van der Waals surface area contributed by atoms with Crippen molar-refractivity contribution in [3.05, 3.63) is 12.7 Å².